The summed E-state index contributed by atoms with van der Waals surface area (Å²) < 4.78 is 18.0. The number of aromatic nitrogens is 6. The maximum absolute atomic E-state index is 14.6. The molecule has 4 aromatic heterocycles. The Morgan fingerprint density at radius 3 is 1.62 bits per heavy atom. The highest BCUT2D eigenvalue weighted by Crippen LogP contribution is 2.32. The molecule has 4 heterocycles. The highest BCUT2D eigenvalue weighted by atomic mass is 35.5. The fourth-order valence-corrected chi connectivity index (χ4v) is 7.31. The molecule has 0 aliphatic heterocycles. The van der Waals surface area contributed by atoms with Gasteiger partial charge in [-0.25, -0.2) is 23.4 Å². The van der Waals surface area contributed by atoms with E-state index >= 15 is 0 Å². The van der Waals surface area contributed by atoms with E-state index in [2.05, 4.69) is 36.3 Å². The molecule has 9 rings (SSSR count). The van der Waals surface area contributed by atoms with Gasteiger partial charge in [0, 0.05) is 59.1 Å². The molecule has 0 spiro atoms. The van der Waals surface area contributed by atoms with Crippen molar-refractivity contribution in [2.75, 3.05) is 23.7 Å². The summed E-state index contributed by atoms with van der Waals surface area (Å²) in [6.07, 6.45) is 7.62. The normalized spacial score (nSPS) is 14.0. The van der Waals surface area contributed by atoms with Gasteiger partial charge < -0.3 is 31.5 Å². The lowest BCUT2D eigenvalue weighted by atomic mass is 10.0. The van der Waals surface area contributed by atoms with E-state index in [4.69, 9.17) is 16.7 Å². The molecule has 14 nitrogen and oxygen atoms in total. The summed E-state index contributed by atoms with van der Waals surface area (Å²) >= 11 is 6.23. The molecule has 64 heavy (non-hydrogen) atoms. The number of hydrogen-bond donors (Lipinski definition) is 6. The van der Waals surface area contributed by atoms with Gasteiger partial charge in [-0.1, -0.05) is 35.9 Å². The topological polar surface area (TPSA) is 183 Å². The molecule has 2 amide bonds. The number of anilines is 2. The van der Waals surface area contributed by atoms with E-state index in [1.807, 2.05) is 50.2 Å². The van der Waals surface area contributed by atoms with Crippen LogP contribution in [0.5, 0.6) is 0 Å². The van der Waals surface area contributed by atoms with E-state index in [1.165, 1.54) is 6.07 Å². The zero-order valence-electron chi connectivity index (χ0n) is 36.6. The largest absolute Gasteiger partial charge is 0.389 e. The molecule has 2 saturated carbocycles. The highest BCUT2D eigenvalue weighted by Gasteiger charge is 2.26. The first-order valence-corrected chi connectivity index (χ1v) is 21.7. The first-order valence-electron chi connectivity index (χ1n) is 21.3. The number of carbonyl (C=O) groups excluding carboxylic acids is 2. The van der Waals surface area contributed by atoms with Crippen LogP contribution >= 0.6 is 11.6 Å². The molecule has 3 aromatic carbocycles. The molecule has 2 fully saturated rings. The lowest BCUT2D eigenvalue weighted by Gasteiger charge is -2.19. The molecule has 0 bridgehead atoms. The molecular weight excluding hydrogens is 835 g/mol. The van der Waals surface area contributed by atoms with E-state index in [1.54, 1.807) is 79.5 Å². The Hall–Kier alpha value is -6.42. The summed E-state index contributed by atoms with van der Waals surface area (Å²) in [7, 11) is 0. The predicted octanol–water partition coefficient (Wildman–Crippen LogP) is 8.02. The van der Waals surface area contributed by atoms with Crippen molar-refractivity contribution in [3.63, 3.8) is 0 Å². The number of halogens is 2. The fourth-order valence-electron chi connectivity index (χ4n) is 7.12. The SMILES string of the molecule is Cc1cc(-c2cnc3c(NCC(C)(C)O)cc(-c4ccccc4F)nn23)ccc1C(=O)NC1CC1.Cc1cc(-c2cnc3c(NCC(C)(C)O)cc(Cl)nn23)ccc1C(=O)NC1CC1. The third-order valence-corrected chi connectivity index (χ3v) is 11.0. The van der Waals surface area contributed by atoms with Crippen molar-refractivity contribution in [3.05, 3.63) is 118 Å². The van der Waals surface area contributed by atoms with Gasteiger partial charge in [-0.2, -0.15) is 10.2 Å². The van der Waals surface area contributed by atoms with Crippen molar-refractivity contribution in [2.24, 2.45) is 0 Å². The summed E-state index contributed by atoms with van der Waals surface area (Å²) in [6, 6.07) is 21.8. The minimum absolute atomic E-state index is 0.0334. The van der Waals surface area contributed by atoms with Crippen LogP contribution in [0.4, 0.5) is 15.8 Å². The molecule has 0 unspecified atom stereocenters. The first-order chi connectivity index (χ1) is 30.4. The van der Waals surface area contributed by atoms with Gasteiger partial charge in [0.1, 0.15) is 5.82 Å². The summed E-state index contributed by atoms with van der Waals surface area (Å²) in [5.41, 5.74) is 7.71. The quantitative estimate of drug-likeness (QED) is 0.0663. The standard InChI is InChI=1S/C27H28FN5O2.C21H24ClN5O2/c1-16-12-17(8-11-19(16)26(34)31-18-9-10-18)24-14-29-25-23(30-15-27(2,3)35)13-22(32-33(24)25)20-6-4-5-7-21(20)28;1-12-8-13(4-7-15(12)20(28)25-14-5-6-14)17-10-23-19-16(24-11-21(2,3)29)9-18(22)26-27(17)19/h4-8,11-14,18,30,35H,9-10,15H2,1-3H3,(H,31,34);4,7-10,14,24,29H,5-6,11H2,1-3H3,(H,25,28). The summed E-state index contributed by atoms with van der Waals surface area (Å²) in [6.45, 7) is 11.3. The lowest BCUT2D eigenvalue weighted by Crippen LogP contribution is -2.29. The Morgan fingerprint density at radius 1 is 0.703 bits per heavy atom. The minimum atomic E-state index is -0.957. The Kier molecular flexibility index (Phi) is 12.2. The van der Waals surface area contributed by atoms with Crippen LogP contribution in [0.1, 0.15) is 85.2 Å². The van der Waals surface area contributed by atoms with Gasteiger partial charge in [-0.3, -0.25) is 9.59 Å². The van der Waals surface area contributed by atoms with Gasteiger partial charge >= 0.3 is 0 Å². The Bertz CT molecular complexity index is 2890. The van der Waals surface area contributed by atoms with Crippen molar-refractivity contribution in [3.8, 4) is 33.8 Å². The summed E-state index contributed by atoms with van der Waals surface area (Å²) in [5, 5.41) is 42.1. The van der Waals surface area contributed by atoms with Crippen LogP contribution < -0.4 is 21.3 Å². The first kappa shape index (κ1) is 44.2. The molecule has 0 atom stereocenters. The molecule has 6 N–H and O–H groups in total. The number of amides is 2. The number of hydrogen-bond acceptors (Lipinski definition) is 10. The maximum atomic E-state index is 14.6. The average molecular weight is 887 g/mol. The van der Waals surface area contributed by atoms with Crippen molar-refractivity contribution in [1.82, 2.24) is 39.8 Å². The number of nitrogens with zero attached hydrogens (tertiary/aromatic N) is 6. The second-order valence-corrected chi connectivity index (χ2v) is 18.3. The number of benzene rings is 3. The number of aryl methyl sites for hydroxylation is 2. The van der Waals surface area contributed by atoms with Crippen LogP contribution in [-0.4, -0.2) is 87.6 Å². The molecule has 2 aliphatic rings. The van der Waals surface area contributed by atoms with Crippen LogP contribution in [0, 0.1) is 19.7 Å². The van der Waals surface area contributed by atoms with Gasteiger partial charge in [0.15, 0.2) is 16.4 Å². The van der Waals surface area contributed by atoms with E-state index in [-0.39, 0.29) is 30.2 Å². The van der Waals surface area contributed by atoms with Crippen LogP contribution in [0.15, 0.2) is 85.2 Å². The molecular formula is C48H52ClFN10O4. The number of aliphatic hydroxyl groups is 2. The van der Waals surface area contributed by atoms with Crippen molar-refractivity contribution >= 4 is 46.1 Å². The zero-order chi connectivity index (χ0) is 45.5. The van der Waals surface area contributed by atoms with Crippen molar-refractivity contribution in [1.29, 1.82) is 0 Å². The Balaban J connectivity index is 0.000000178. The molecule has 0 saturated heterocycles. The van der Waals surface area contributed by atoms with Crippen LogP contribution in [0.2, 0.25) is 5.15 Å². The predicted molar refractivity (Wildman–Crippen MR) is 247 cm³/mol. The number of carbonyl (C=O) groups is 2. The molecule has 0 radical (unpaired) electrons. The van der Waals surface area contributed by atoms with Gasteiger partial charge in [-0.05, 0) is 121 Å². The molecule has 2 aliphatic carbocycles. The number of fused-ring (bicyclic) bond motifs is 2. The minimum Gasteiger partial charge on any atom is -0.389 e. The van der Waals surface area contributed by atoms with E-state index < -0.39 is 11.2 Å². The summed E-state index contributed by atoms with van der Waals surface area (Å²) in [5.74, 6) is -0.474. The second kappa shape index (κ2) is 17.6. The lowest BCUT2D eigenvalue weighted by molar-refractivity contribution is 0.0939. The van der Waals surface area contributed by atoms with Crippen molar-refractivity contribution in [2.45, 2.75) is 90.5 Å². The van der Waals surface area contributed by atoms with Crippen LogP contribution in [-0.2, 0) is 0 Å². The third-order valence-electron chi connectivity index (χ3n) is 10.8. The van der Waals surface area contributed by atoms with Crippen LogP contribution in [0.25, 0.3) is 45.1 Å². The number of imidazole rings is 2. The van der Waals surface area contributed by atoms with Crippen LogP contribution in [0.3, 0.4) is 0 Å². The monoisotopic (exact) mass is 886 g/mol. The maximum Gasteiger partial charge on any atom is 0.251 e. The van der Waals surface area contributed by atoms with E-state index in [0.29, 0.717) is 68.5 Å². The summed E-state index contributed by atoms with van der Waals surface area (Å²) in [4.78, 5) is 34.0. The molecule has 332 valence electrons. The molecule has 16 heteroatoms. The third kappa shape index (κ3) is 10.3. The zero-order valence-corrected chi connectivity index (χ0v) is 37.4. The molecule has 7 aromatic rings. The van der Waals surface area contributed by atoms with Gasteiger partial charge in [0.2, 0.25) is 0 Å². The van der Waals surface area contributed by atoms with Gasteiger partial charge in [0.25, 0.3) is 11.8 Å². The van der Waals surface area contributed by atoms with E-state index in [0.717, 1.165) is 53.6 Å². The fraction of sp³-hybridized carbons (Fsp3) is 0.333. The number of rotatable bonds is 13. The number of nitrogens with one attached hydrogen (secondary N) is 4. The highest BCUT2D eigenvalue weighted by molar-refractivity contribution is 6.29. The average Bonchev–Trinajstić information content (AvgIpc) is 4.15. The van der Waals surface area contributed by atoms with Crippen molar-refractivity contribution < 1.29 is 24.2 Å². The van der Waals surface area contributed by atoms with Gasteiger partial charge in [-0.15, -0.1) is 0 Å². The Morgan fingerprint density at radius 2 is 1.17 bits per heavy atom. The van der Waals surface area contributed by atoms with Gasteiger partial charge in [0.05, 0.1) is 52.1 Å². The second-order valence-electron chi connectivity index (χ2n) is 17.9. The Labute approximate surface area is 375 Å². The van der Waals surface area contributed by atoms with E-state index in [9.17, 15) is 24.2 Å². The smallest absolute Gasteiger partial charge is 0.251 e.